The highest BCUT2D eigenvalue weighted by Gasteiger charge is 2.20. The highest BCUT2D eigenvalue weighted by molar-refractivity contribution is 8.93. The lowest BCUT2D eigenvalue weighted by molar-refractivity contribution is 0.122. The quantitative estimate of drug-likeness (QED) is 0.623. The average Bonchev–Trinajstić information content (AvgIpc) is 2.55. The zero-order valence-corrected chi connectivity index (χ0v) is 13.5. The van der Waals surface area contributed by atoms with Crippen molar-refractivity contribution in [2.45, 2.75) is 0 Å². The number of halogens is 1. The Labute approximate surface area is 137 Å². The van der Waals surface area contributed by atoms with E-state index in [1.54, 1.807) is 0 Å². The van der Waals surface area contributed by atoms with E-state index in [1.807, 2.05) is 41.3 Å². The molecular formula is C16H15BrN2O3. The van der Waals surface area contributed by atoms with Crippen LogP contribution in [0.15, 0.2) is 45.6 Å². The Bertz CT molecular complexity index is 827. The first-order valence-electron chi connectivity index (χ1n) is 6.98. The van der Waals surface area contributed by atoms with Crippen LogP contribution in [0.25, 0.3) is 22.6 Å². The number of anilines is 1. The Kier molecular flexibility index (Phi) is 4.13. The summed E-state index contributed by atoms with van der Waals surface area (Å²) in [6.45, 7) is 2.75. The Balaban J connectivity index is 0.00000144. The lowest BCUT2D eigenvalue weighted by atomic mass is 10.1. The molecule has 0 unspecified atom stereocenters. The summed E-state index contributed by atoms with van der Waals surface area (Å²) in [5.74, 6) is 0.524. The topological polar surface area (TPSA) is 55.6 Å². The largest absolute Gasteiger partial charge is 0.453 e. The van der Waals surface area contributed by atoms with Crippen LogP contribution in [-0.2, 0) is 4.74 Å². The van der Waals surface area contributed by atoms with Gasteiger partial charge in [-0.2, -0.15) is 0 Å². The first kappa shape index (κ1) is 15.0. The van der Waals surface area contributed by atoms with E-state index in [4.69, 9.17) is 9.15 Å². The number of morpholine rings is 1. The van der Waals surface area contributed by atoms with Gasteiger partial charge in [0.2, 0.25) is 5.43 Å². The Hall–Kier alpha value is -1.92. The van der Waals surface area contributed by atoms with Crippen LogP contribution in [0.3, 0.4) is 0 Å². The molecule has 4 rings (SSSR count). The summed E-state index contributed by atoms with van der Waals surface area (Å²) >= 11 is 0. The van der Waals surface area contributed by atoms with Gasteiger partial charge in [-0.3, -0.25) is 4.79 Å². The van der Waals surface area contributed by atoms with Gasteiger partial charge in [0.25, 0.3) is 0 Å². The molecule has 0 N–H and O–H groups in total. The van der Waals surface area contributed by atoms with Crippen LogP contribution in [0.1, 0.15) is 0 Å². The molecule has 114 valence electrons. The molecule has 0 aromatic heterocycles. The van der Waals surface area contributed by atoms with E-state index in [-0.39, 0.29) is 22.4 Å². The summed E-state index contributed by atoms with van der Waals surface area (Å²) in [6, 6.07) is 11.1. The zero-order chi connectivity index (χ0) is 14.2. The molecule has 2 heterocycles. The van der Waals surface area contributed by atoms with Crippen molar-refractivity contribution < 1.29 is 9.15 Å². The second-order valence-electron chi connectivity index (χ2n) is 5.04. The zero-order valence-electron chi connectivity index (χ0n) is 11.8. The molecule has 1 saturated heterocycles. The molecule has 3 aliphatic rings. The first-order valence-corrected chi connectivity index (χ1v) is 6.98. The fourth-order valence-electron chi connectivity index (χ4n) is 2.66. The predicted octanol–water partition coefficient (Wildman–Crippen LogP) is 2.71. The van der Waals surface area contributed by atoms with E-state index in [9.17, 15) is 4.79 Å². The molecule has 5 nitrogen and oxygen atoms in total. The summed E-state index contributed by atoms with van der Waals surface area (Å²) in [4.78, 5) is 19.2. The molecule has 0 spiro atoms. The lowest BCUT2D eigenvalue weighted by Gasteiger charge is -2.28. The predicted molar refractivity (Wildman–Crippen MR) is 90.3 cm³/mol. The Morgan fingerprint density at radius 1 is 1.05 bits per heavy atom. The fourth-order valence-corrected chi connectivity index (χ4v) is 2.66. The summed E-state index contributed by atoms with van der Waals surface area (Å²) < 4.78 is 11.1. The molecule has 0 atom stereocenters. The number of ether oxygens (including phenoxy) is 1. The van der Waals surface area contributed by atoms with Crippen molar-refractivity contribution in [2.75, 3.05) is 31.2 Å². The maximum absolute atomic E-state index is 12.7. The van der Waals surface area contributed by atoms with Crippen LogP contribution >= 0.6 is 17.0 Å². The van der Waals surface area contributed by atoms with E-state index in [2.05, 4.69) is 4.98 Å². The van der Waals surface area contributed by atoms with Crippen molar-refractivity contribution in [1.82, 2.24) is 4.98 Å². The molecule has 2 aliphatic heterocycles. The van der Waals surface area contributed by atoms with E-state index < -0.39 is 0 Å². The minimum absolute atomic E-state index is 0. The maximum atomic E-state index is 12.7. The average molecular weight is 363 g/mol. The number of nitrogens with zero attached hydrogens (tertiary/aromatic N) is 2. The smallest absolute Gasteiger partial charge is 0.231 e. The Morgan fingerprint density at radius 3 is 2.64 bits per heavy atom. The van der Waals surface area contributed by atoms with Crippen molar-refractivity contribution in [3.05, 3.63) is 46.6 Å². The van der Waals surface area contributed by atoms with Crippen molar-refractivity contribution >= 4 is 33.8 Å². The fraction of sp³-hybridized carbons (Fsp3) is 0.250. The second-order valence-corrected chi connectivity index (χ2v) is 5.04. The SMILES string of the molecule is Br.O=c1c(N2CCOCC2)ccc2oc3ccccc3nc1-2. The van der Waals surface area contributed by atoms with Gasteiger partial charge in [-0.05, 0) is 24.3 Å². The van der Waals surface area contributed by atoms with E-state index in [1.165, 1.54) is 0 Å². The summed E-state index contributed by atoms with van der Waals surface area (Å²) in [7, 11) is 0. The van der Waals surface area contributed by atoms with Gasteiger partial charge in [0.15, 0.2) is 17.0 Å². The van der Waals surface area contributed by atoms with Crippen LogP contribution in [-0.4, -0.2) is 31.3 Å². The van der Waals surface area contributed by atoms with E-state index >= 15 is 0 Å². The standard InChI is InChI=1S/C16H14N2O3.BrH/c19-16-12(18-7-9-20-10-8-18)5-6-14-15(16)17-11-3-1-2-4-13(11)21-14;/h1-6H,7-10H2;1H. The number of hydrogen-bond donors (Lipinski definition) is 0. The van der Waals surface area contributed by atoms with Gasteiger partial charge in [0, 0.05) is 13.1 Å². The number of benzene rings is 2. The molecule has 1 fully saturated rings. The van der Waals surface area contributed by atoms with Crippen LogP contribution in [0, 0.1) is 0 Å². The van der Waals surface area contributed by atoms with Crippen LogP contribution < -0.4 is 10.3 Å². The van der Waals surface area contributed by atoms with Gasteiger partial charge in [-0.1, -0.05) is 12.1 Å². The highest BCUT2D eigenvalue weighted by Crippen LogP contribution is 2.25. The van der Waals surface area contributed by atoms with Crippen molar-refractivity contribution in [3.63, 3.8) is 0 Å². The molecule has 1 aliphatic carbocycles. The summed E-state index contributed by atoms with van der Waals surface area (Å²) in [6.07, 6.45) is 0. The minimum Gasteiger partial charge on any atom is -0.453 e. The normalized spacial score (nSPS) is 15.0. The van der Waals surface area contributed by atoms with Crippen molar-refractivity contribution in [2.24, 2.45) is 0 Å². The maximum Gasteiger partial charge on any atom is 0.231 e. The summed E-state index contributed by atoms with van der Waals surface area (Å²) in [5.41, 5.74) is 2.36. The van der Waals surface area contributed by atoms with Gasteiger partial charge < -0.3 is 14.1 Å². The third-order valence-corrected chi connectivity index (χ3v) is 3.74. The van der Waals surface area contributed by atoms with Gasteiger partial charge in [0.05, 0.1) is 18.9 Å². The number of fused-ring (bicyclic) bond motifs is 2. The number of aromatic nitrogens is 1. The molecule has 22 heavy (non-hydrogen) atoms. The molecule has 0 amide bonds. The van der Waals surface area contributed by atoms with E-state index in [0.717, 1.165) is 13.1 Å². The second kappa shape index (κ2) is 6.06. The molecule has 0 radical (unpaired) electrons. The third kappa shape index (κ3) is 2.48. The van der Waals surface area contributed by atoms with Crippen LogP contribution in [0.2, 0.25) is 0 Å². The lowest BCUT2D eigenvalue weighted by Crippen LogP contribution is -2.39. The van der Waals surface area contributed by atoms with Crippen LogP contribution in [0.5, 0.6) is 0 Å². The molecule has 0 saturated carbocycles. The number of hydrogen-bond acceptors (Lipinski definition) is 5. The molecule has 0 bridgehead atoms. The van der Waals surface area contributed by atoms with Gasteiger partial charge >= 0.3 is 0 Å². The van der Waals surface area contributed by atoms with Gasteiger partial charge in [-0.25, -0.2) is 4.98 Å². The molecule has 1 aromatic rings. The van der Waals surface area contributed by atoms with Gasteiger partial charge in [-0.15, -0.1) is 17.0 Å². The number of rotatable bonds is 1. The monoisotopic (exact) mass is 362 g/mol. The molecular weight excluding hydrogens is 348 g/mol. The first-order chi connectivity index (χ1) is 10.3. The highest BCUT2D eigenvalue weighted by atomic mass is 79.9. The van der Waals surface area contributed by atoms with Crippen LogP contribution in [0.4, 0.5) is 5.69 Å². The molecule has 6 heteroatoms. The van der Waals surface area contributed by atoms with E-state index in [0.29, 0.717) is 41.5 Å². The minimum atomic E-state index is -0.0797. The number of para-hydroxylation sites is 2. The Morgan fingerprint density at radius 2 is 1.82 bits per heavy atom. The molecule has 1 aromatic carbocycles. The van der Waals surface area contributed by atoms with Crippen molar-refractivity contribution in [1.29, 1.82) is 0 Å². The van der Waals surface area contributed by atoms with Gasteiger partial charge in [0.1, 0.15) is 5.52 Å². The third-order valence-electron chi connectivity index (χ3n) is 3.74. The van der Waals surface area contributed by atoms with Crippen molar-refractivity contribution in [3.8, 4) is 11.5 Å². The summed E-state index contributed by atoms with van der Waals surface area (Å²) in [5, 5.41) is 0.